The molecule has 48 valence electrons. The smallest absolute Gasteiger partial charge is 0.431 e. The fourth-order valence-corrected chi connectivity index (χ4v) is 0.403. The molecule has 1 rings (SSSR count). The minimum atomic E-state index is -1.08. The van der Waals surface area contributed by atoms with Gasteiger partial charge >= 0.3 is 6.09 Å². The van der Waals surface area contributed by atoms with Crippen LogP contribution in [0.2, 0.25) is 0 Å². The van der Waals surface area contributed by atoms with E-state index < -0.39 is 6.09 Å². The highest BCUT2D eigenvalue weighted by atomic mass is 16.4. The Labute approximate surface area is 51.2 Å². The average molecular weight is 127 g/mol. The molecule has 1 heterocycles. The molecule has 0 fully saturated rings. The van der Waals surface area contributed by atoms with Crippen LogP contribution in [0.5, 0.6) is 0 Å². The van der Waals surface area contributed by atoms with Crippen molar-refractivity contribution in [2.45, 2.75) is 0 Å². The molecule has 0 bridgehead atoms. The van der Waals surface area contributed by atoms with Crippen molar-refractivity contribution in [3.05, 3.63) is 12.3 Å². The maximum Gasteiger partial charge on any atom is 0.431 e. The molecule has 0 atom stereocenters. The molecule has 1 aliphatic heterocycles. The van der Waals surface area contributed by atoms with Crippen molar-refractivity contribution in [2.24, 2.45) is 5.10 Å². The Morgan fingerprint density at radius 3 is 2.89 bits per heavy atom. The van der Waals surface area contributed by atoms with Gasteiger partial charge in [-0.25, -0.2) is 10.3 Å². The number of amides is 1. The van der Waals surface area contributed by atoms with Crippen LogP contribution in [0.3, 0.4) is 0 Å². The second-order valence-corrected chi connectivity index (χ2v) is 1.37. The normalized spacial score (nSPS) is 15.3. The van der Waals surface area contributed by atoms with Crippen molar-refractivity contribution < 1.29 is 9.90 Å². The van der Waals surface area contributed by atoms with Crippen LogP contribution in [0.15, 0.2) is 17.4 Å². The van der Waals surface area contributed by atoms with Gasteiger partial charge in [-0.3, -0.25) is 0 Å². The van der Waals surface area contributed by atoms with Gasteiger partial charge in [-0.05, 0) is 6.08 Å². The van der Waals surface area contributed by atoms with Gasteiger partial charge in [0.2, 0.25) is 0 Å². The highest BCUT2D eigenvalue weighted by Gasteiger charge is 2.06. The van der Waals surface area contributed by atoms with Crippen molar-refractivity contribution in [2.75, 3.05) is 0 Å². The molecule has 2 N–H and O–H groups in total. The van der Waals surface area contributed by atoms with Crippen LogP contribution < -0.4 is 5.53 Å². The second kappa shape index (κ2) is 2.17. The molecule has 0 aliphatic carbocycles. The van der Waals surface area contributed by atoms with E-state index in [9.17, 15) is 4.79 Å². The van der Waals surface area contributed by atoms with Crippen LogP contribution in [0.4, 0.5) is 4.79 Å². The summed E-state index contributed by atoms with van der Waals surface area (Å²) < 4.78 is 0. The van der Waals surface area contributed by atoms with Crippen molar-refractivity contribution >= 4 is 12.3 Å². The van der Waals surface area contributed by atoms with Gasteiger partial charge in [0.1, 0.15) is 0 Å². The third kappa shape index (κ3) is 1.18. The molecular weight excluding hydrogens is 122 g/mol. The molecule has 0 saturated heterocycles. The summed E-state index contributed by atoms with van der Waals surface area (Å²) in [7, 11) is 0. The molecule has 0 aromatic heterocycles. The number of hydrazone groups is 1. The van der Waals surface area contributed by atoms with Gasteiger partial charge in [0.05, 0.1) is 6.21 Å². The molecule has 5 nitrogen and oxygen atoms in total. The first-order valence-corrected chi connectivity index (χ1v) is 2.28. The summed E-state index contributed by atoms with van der Waals surface area (Å²) in [4.78, 5) is 10.1. The van der Waals surface area contributed by atoms with E-state index in [-0.39, 0.29) is 0 Å². The maximum absolute atomic E-state index is 10.1. The van der Waals surface area contributed by atoms with E-state index in [0.717, 1.165) is 5.01 Å². The molecule has 0 saturated carbocycles. The van der Waals surface area contributed by atoms with Gasteiger partial charge in [0, 0.05) is 6.20 Å². The Morgan fingerprint density at radius 2 is 2.56 bits per heavy atom. The Bertz CT molecular complexity index is 175. The SMILES string of the molecule is O=C(O)N1C=CC=NN1. The third-order valence-electron chi connectivity index (χ3n) is 0.767. The number of hydrogen-bond acceptors (Lipinski definition) is 3. The lowest BCUT2D eigenvalue weighted by molar-refractivity contribution is 0.145. The molecule has 5 heteroatoms. The van der Waals surface area contributed by atoms with Gasteiger partial charge in [-0.15, -0.1) is 0 Å². The van der Waals surface area contributed by atoms with Gasteiger partial charge < -0.3 is 5.11 Å². The number of allylic oxidation sites excluding steroid dienone is 1. The first-order chi connectivity index (χ1) is 4.30. The number of hydrazine groups is 1. The summed E-state index contributed by atoms with van der Waals surface area (Å²) in [5.74, 6) is 0. The van der Waals surface area contributed by atoms with E-state index in [0.29, 0.717) is 0 Å². The van der Waals surface area contributed by atoms with Crippen molar-refractivity contribution in [1.82, 2.24) is 10.5 Å². The minimum absolute atomic E-state index is 0.847. The predicted molar refractivity (Wildman–Crippen MR) is 30.6 cm³/mol. The average Bonchev–Trinajstić information content (AvgIpc) is 1.90. The largest absolute Gasteiger partial charge is 0.463 e. The summed E-state index contributed by atoms with van der Waals surface area (Å²) in [6, 6.07) is 0. The Kier molecular flexibility index (Phi) is 1.35. The fraction of sp³-hybridized carbons (Fsp3) is 0. The Hall–Kier alpha value is -1.52. The van der Waals surface area contributed by atoms with E-state index in [1.54, 1.807) is 0 Å². The number of rotatable bonds is 0. The molecule has 0 aromatic carbocycles. The highest BCUT2D eigenvalue weighted by molar-refractivity contribution is 5.74. The first kappa shape index (κ1) is 5.61. The fourth-order valence-electron chi connectivity index (χ4n) is 0.403. The summed E-state index contributed by atoms with van der Waals surface area (Å²) in [5.41, 5.74) is 2.23. The monoisotopic (exact) mass is 127 g/mol. The lowest BCUT2D eigenvalue weighted by atomic mass is 10.6. The van der Waals surface area contributed by atoms with Crippen LogP contribution in [0.1, 0.15) is 0 Å². The number of carbonyl (C=O) groups is 1. The van der Waals surface area contributed by atoms with Crippen LogP contribution >= 0.6 is 0 Å². The highest BCUT2D eigenvalue weighted by Crippen LogP contribution is 1.88. The van der Waals surface area contributed by atoms with E-state index in [1.807, 2.05) is 0 Å². The predicted octanol–water partition coefficient (Wildman–Crippen LogP) is -0.0159. The van der Waals surface area contributed by atoms with Crippen LogP contribution in [0.25, 0.3) is 0 Å². The molecule has 0 radical (unpaired) electrons. The van der Waals surface area contributed by atoms with Crippen LogP contribution in [-0.4, -0.2) is 22.4 Å². The van der Waals surface area contributed by atoms with Gasteiger partial charge in [-0.2, -0.15) is 10.1 Å². The van der Waals surface area contributed by atoms with E-state index >= 15 is 0 Å². The van der Waals surface area contributed by atoms with Crippen molar-refractivity contribution in [3.8, 4) is 0 Å². The van der Waals surface area contributed by atoms with Gasteiger partial charge in [0.15, 0.2) is 0 Å². The van der Waals surface area contributed by atoms with Gasteiger partial charge in [-0.1, -0.05) is 0 Å². The Balaban J connectivity index is 2.56. The molecule has 1 aliphatic rings. The summed E-state index contributed by atoms with van der Waals surface area (Å²) in [6.45, 7) is 0. The van der Waals surface area contributed by atoms with Crippen molar-refractivity contribution in [3.63, 3.8) is 0 Å². The lowest BCUT2D eigenvalue weighted by Crippen LogP contribution is -2.35. The summed E-state index contributed by atoms with van der Waals surface area (Å²) in [6.07, 6.45) is 3.25. The van der Waals surface area contributed by atoms with E-state index in [4.69, 9.17) is 5.11 Å². The second-order valence-electron chi connectivity index (χ2n) is 1.37. The van der Waals surface area contributed by atoms with E-state index in [1.165, 1.54) is 18.5 Å². The molecule has 0 aromatic rings. The van der Waals surface area contributed by atoms with Crippen LogP contribution in [0, 0.1) is 0 Å². The van der Waals surface area contributed by atoms with E-state index in [2.05, 4.69) is 10.6 Å². The molecule has 1 amide bonds. The van der Waals surface area contributed by atoms with Crippen molar-refractivity contribution in [1.29, 1.82) is 0 Å². The summed E-state index contributed by atoms with van der Waals surface area (Å²) in [5, 5.41) is 12.6. The molecule has 9 heavy (non-hydrogen) atoms. The first-order valence-electron chi connectivity index (χ1n) is 2.28. The Morgan fingerprint density at radius 1 is 1.78 bits per heavy atom. The quantitative estimate of drug-likeness (QED) is 0.480. The lowest BCUT2D eigenvalue weighted by Gasteiger charge is -2.13. The number of nitrogens with zero attached hydrogens (tertiary/aromatic N) is 2. The summed E-state index contributed by atoms with van der Waals surface area (Å²) >= 11 is 0. The zero-order valence-electron chi connectivity index (χ0n) is 4.48. The third-order valence-corrected chi connectivity index (χ3v) is 0.767. The maximum atomic E-state index is 10.1. The zero-order valence-corrected chi connectivity index (χ0v) is 4.48. The molecular formula is C4H5N3O2. The number of hydrogen-bond donors (Lipinski definition) is 2. The molecule has 0 unspecified atom stereocenters. The number of nitrogens with one attached hydrogen (secondary N) is 1. The zero-order chi connectivity index (χ0) is 6.69. The molecule has 0 spiro atoms. The van der Waals surface area contributed by atoms with Gasteiger partial charge in [0.25, 0.3) is 0 Å². The topological polar surface area (TPSA) is 64.9 Å². The standard InChI is InChI=1S/C4H5N3O2/c8-4(9)7-3-1-2-5-6-7/h1-3,6H,(H,8,9). The minimum Gasteiger partial charge on any atom is -0.463 e. The van der Waals surface area contributed by atoms with Crippen LogP contribution in [-0.2, 0) is 0 Å². The number of carboxylic acid groups (broad SMARTS) is 1.